The van der Waals surface area contributed by atoms with Crippen molar-refractivity contribution in [3.05, 3.63) is 29.3 Å². The fraction of sp³-hybridized carbons (Fsp3) is 0.533. The van der Waals surface area contributed by atoms with Gasteiger partial charge in [0.2, 0.25) is 0 Å². The molecule has 0 atom stereocenters. The number of carbonyl (C=O) groups is 1. The lowest BCUT2D eigenvalue weighted by Gasteiger charge is -2.10. The van der Waals surface area contributed by atoms with Gasteiger partial charge in [-0.25, -0.2) is 4.79 Å². The van der Waals surface area contributed by atoms with Gasteiger partial charge in [-0.2, -0.15) is 0 Å². The van der Waals surface area contributed by atoms with Crippen LogP contribution in [0.15, 0.2) is 18.2 Å². The summed E-state index contributed by atoms with van der Waals surface area (Å²) in [5.74, 6) is -0.288. The number of aryl methyl sites for hydroxylation is 1. The Bertz CT molecular complexity index is 388. The predicted octanol–water partition coefficient (Wildman–Crippen LogP) is 3.77. The Morgan fingerprint density at radius 1 is 1.28 bits per heavy atom. The molecule has 0 saturated heterocycles. The first-order valence-corrected chi connectivity index (χ1v) is 6.62. The van der Waals surface area contributed by atoms with E-state index in [1.54, 1.807) is 6.07 Å². The van der Waals surface area contributed by atoms with E-state index in [1.807, 2.05) is 19.1 Å². The molecule has 0 fully saturated rings. The first-order chi connectivity index (χ1) is 8.69. The Labute approximate surface area is 110 Å². The zero-order valence-corrected chi connectivity index (χ0v) is 11.6. The summed E-state index contributed by atoms with van der Waals surface area (Å²) < 4.78 is 4.72. The number of hydrogen-bond donors (Lipinski definition) is 1. The van der Waals surface area contributed by atoms with E-state index in [4.69, 9.17) is 4.74 Å². The highest BCUT2D eigenvalue weighted by molar-refractivity contribution is 5.90. The van der Waals surface area contributed by atoms with Crippen LogP contribution in [0.25, 0.3) is 0 Å². The lowest BCUT2D eigenvalue weighted by Crippen LogP contribution is -2.06. The van der Waals surface area contributed by atoms with Crippen LogP contribution in [0, 0.1) is 6.92 Å². The van der Waals surface area contributed by atoms with Gasteiger partial charge < -0.3 is 10.1 Å². The van der Waals surface area contributed by atoms with E-state index in [0.29, 0.717) is 5.56 Å². The number of unbranched alkanes of at least 4 members (excludes halogenated alkanes) is 3. The number of nitrogens with one attached hydrogen (secondary N) is 1. The Balaban J connectivity index is 2.56. The van der Waals surface area contributed by atoms with Crippen molar-refractivity contribution in [3.63, 3.8) is 0 Å². The molecule has 0 aliphatic rings. The van der Waals surface area contributed by atoms with Gasteiger partial charge in [0.1, 0.15) is 0 Å². The molecule has 0 unspecified atom stereocenters. The Morgan fingerprint density at radius 2 is 2.06 bits per heavy atom. The zero-order chi connectivity index (χ0) is 13.4. The number of ether oxygens (including phenoxy) is 1. The Kier molecular flexibility index (Phi) is 6.26. The molecule has 1 aromatic carbocycles. The summed E-state index contributed by atoms with van der Waals surface area (Å²) >= 11 is 0. The van der Waals surface area contributed by atoms with Crippen molar-refractivity contribution < 1.29 is 9.53 Å². The second-order valence-electron chi connectivity index (χ2n) is 4.51. The number of anilines is 1. The van der Waals surface area contributed by atoms with E-state index < -0.39 is 0 Å². The van der Waals surface area contributed by atoms with Crippen molar-refractivity contribution in [1.82, 2.24) is 0 Å². The van der Waals surface area contributed by atoms with E-state index in [9.17, 15) is 4.79 Å². The van der Waals surface area contributed by atoms with Crippen LogP contribution in [0.4, 0.5) is 5.69 Å². The van der Waals surface area contributed by atoms with Gasteiger partial charge in [0.25, 0.3) is 0 Å². The van der Waals surface area contributed by atoms with Crippen molar-refractivity contribution in [1.29, 1.82) is 0 Å². The van der Waals surface area contributed by atoms with Crippen LogP contribution in [-0.2, 0) is 4.74 Å². The summed E-state index contributed by atoms with van der Waals surface area (Å²) in [6.45, 7) is 5.19. The largest absolute Gasteiger partial charge is 0.465 e. The van der Waals surface area contributed by atoms with Crippen molar-refractivity contribution in [2.24, 2.45) is 0 Å². The van der Waals surface area contributed by atoms with Crippen LogP contribution >= 0.6 is 0 Å². The van der Waals surface area contributed by atoms with Crippen LogP contribution in [0.3, 0.4) is 0 Å². The first kappa shape index (κ1) is 14.6. The maximum absolute atomic E-state index is 11.4. The SMILES string of the molecule is CCCCCCNc1cc(C(=O)OC)ccc1C. The van der Waals surface area contributed by atoms with Gasteiger partial charge >= 0.3 is 5.97 Å². The molecule has 100 valence electrons. The molecule has 3 nitrogen and oxygen atoms in total. The zero-order valence-electron chi connectivity index (χ0n) is 11.6. The molecule has 0 saturated carbocycles. The molecular weight excluding hydrogens is 226 g/mol. The lowest BCUT2D eigenvalue weighted by molar-refractivity contribution is 0.0601. The number of carbonyl (C=O) groups excluding carboxylic acids is 1. The number of rotatable bonds is 7. The van der Waals surface area contributed by atoms with E-state index >= 15 is 0 Å². The highest BCUT2D eigenvalue weighted by Crippen LogP contribution is 2.17. The van der Waals surface area contributed by atoms with Gasteiger partial charge in [0.15, 0.2) is 0 Å². The number of hydrogen-bond acceptors (Lipinski definition) is 3. The highest BCUT2D eigenvalue weighted by atomic mass is 16.5. The molecule has 3 heteroatoms. The fourth-order valence-electron chi connectivity index (χ4n) is 1.83. The minimum Gasteiger partial charge on any atom is -0.465 e. The normalized spacial score (nSPS) is 10.2. The van der Waals surface area contributed by atoms with E-state index in [-0.39, 0.29) is 5.97 Å². The van der Waals surface area contributed by atoms with Crippen LogP contribution in [0.2, 0.25) is 0 Å². The third-order valence-corrected chi connectivity index (χ3v) is 3.00. The second-order valence-corrected chi connectivity index (χ2v) is 4.51. The van der Waals surface area contributed by atoms with E-state index in [0.717, 1.165) is 24.2 Å². The molecule has 0 aliphatic heterocycles. The molecule has 18 heavy (non-hydrogen) atoms. The summed E-state index contributed by atoms with van der Waals surface area (Å²) in [6.07, 6.45) is 4.94. The summed E-state index contributed by atoms with van der Waals surface area (Å²) in [5, 5.41) is 3.38. The average Bonchev–Trinajstić information content (AvgIpc) is 2.39. The van der Waals surface area contributed by atoms with Gasteiger partial charge in [-0.3, -0.25) is 0 Å². The molecular formula is C15H23NO2. The highest BCUT2D eigenvalue weighted by Gasteiger charge is 2.07. The standard InChI is InChI=1S/C15H23NO2/c1-4-5-6-7-10-16-14-11-13(15(17)18-3)9-8-12(14)2/h8-9,11,16H,4-7,10H2,1-3H3. The first-order valence-electron chi connectivity index (χ1n) is 6.62. The lowest BCUT2D eigenvalue weighted by atomic mass is 10.1. The quantitative estimate of drug-likeness (QED) is 0.590. The van der Waals surface area contributed by atoms with E-state index in [2.05, 4.69) is 12.2 Å². The molecule has 1 N–H and O–H groups in total. The van der Waals surface area contributed by atoms with Crippen LogP contribution in [0.1, 0.15) is 48.5 Å². The second kappa shape index (κ2) is 7.75. The van der Waals surface area contributed by atoms with Crippen molar-refractivity contribution in [2.45, 2.75) is 39.5 Å². The fourth-order valence-corrected chi connectivity index (χ4v) is 1.83. The summed E-state index contributed by atoms with van der Waals surface area (Å²) in [4.78, 5) is 11.4. The number of benzene rings is 1. The van der Waals surface area contributed by atoms with E-state index in [1.165, 1.54) is 26.4 Å². The topological polar surface area (TPSA) is 38.3 Å². The molecule has 0 heterocycles. The summed E-state index contributed by atoms with van der Waals surface area (Å²) in [7, 11) is 1.40. The monoisotopic (exact) mass is 249 g/mol. The maximum Gasteiger partial charge on any atom is 0.337 e. The van der Waals surface area contributed by atoms with Crippen molar-refractivity contribution in [3.8, 4) is 0 Å². The van der Waals surface area contributed by atoms with Gasteiger partial charge in [0, 0.05) is 12.2 Å². The van der Waals surface area contributed by atoms with Gasteiger partial charge in [-0.15, -0.1) is 0 Å². The molecule has 0 spiro atoms. The molecule has 0 aromatic heterocycles. The van der Waals surface area contributed by atoms with Crippen LogP contribution in [-0.4, -0.2) is 19.6 Å². The molecule has 0 amide bonds. The smallest absolute Gasteiger partial charge is 0.337 e. The third-order valence-electron chi connectivity index (χ3n) is 3.00. The summed E-state index contributed by atoms with van der Waals surface area (Å²) in [6, 6.07) is 5.60. The van der Waals surface area contributed by atoms with Gasteiger partial charge in [-0.1, -0.05) is 32.3 Å². The Morgan fingerprint density at radius 3 is 2.72 bits per heavy atom. The van der Waals surface area contributed by atoms with Crippen molar-refractivity contribution >= 4 is 11.7 Å². The van der Waals surface area contributed by atoms with Crippen LogP contribution in [0.5, 0.6) is 0 Å². The van der Waals surface area contributed by atoms with Gasteiger partial charge in [0.05, 0.1) is 12.7 Å². The minimum atomic E-state index is -0.288. The molecule has 1 aromatic rings. The molecule has 0 bridgehead atoms. The third kappa shape index (κ3) is 4.40. The van der Waals surface area contributed by atoms with Gasteiger partial charge in [-0.05, 0) is 31.0 Å². The molecule has 0 aliphatic carbocycles. The Hall–Kier alpha value is -1.51. The number of methoxy groups -OCH3 is 1. The predicted molar refractivity (Wildman–Crippen MR) is 75.2 cm³/mol. The maximum atomic E-state index is 11.4. The average molecular weight is 249 g/mol. The molecule has 0 radical (unpaired) electrons. The van der Waals surface area contributed by atoms with Crippen LogP contribution < -0.4 is 5.32 Å². The number of esters is 1. The molecule has 1 rings (SSSR count). The minimum absolute atomic E-state index is 0.288. The summed E-state index contributed by atoms with van der Waals surface area (Å²) in [5.41, 5.74) is 2.77. The van der Waals surface area contributed by atoms with Crippen molar-refractivity contribution in [2.75, 3.05) is 19.0 Å².